The highest BCUT2D eigenvalue weighted by molar-refractivity contribution is 7.89. The van der Waals surface area contributed by atoms with Gasteiger partial charge in [-0.05, 0) is 17.7 Å². The molecule has 0 aliphatic heterocycles. The van der Waals surface area contributed by atoms with Gasteiger partial charge in [-0.25, -0.2) is 8.42 Å². The van der Waals surface area contributed by atoms with Gasteiger partial charge in [-0.1, -0.05) is 12.1 Å². The zero-order valence-electron chi connectivity index (χ0n) is 13.7. The summed E-state index contributed by atoms with van der Waals surface area (Å²) in [6.07, 6.45) is 1.17. The molecule has 1 amide bonds. The zero-order chi connectivity index (χ0) is 17.7. The predicted molar refractivity (Wildman–Crippen MR) is 92.5 cm³/mol. The molecule has 2 aromatic rings. The highest BCUT2D eigenvalue weighted by atomic mass is 32.2. The van der Waals surface area contributed by atoms with E-state index < -0.39 is 9.84 Å². The molecule has 2 rings (SSSR count). The maximum atomic E-state index is 12.3. The van der Waals surface area contributed by atoms with Crippen molar-refractivity contribution in [3.8, 4) is 11.5 Å². The van der Waals surface area contributed by atoms with E-state index in [9.17, 15) is 13.2 Å². The number of anilines is 1. The number of hydrogen-bond donors (Lipinski definition) is 1. The normalized spacial score (nSPS) is 11.0. The second kappa shape index (κ2) is 7.35. The number of carbonyl (C=O) groups is 1. The molecule has 0 atom stereocenters. The molecule has 0 saturated carbocycles. The van der Waals surface area contributed by atoms with E-state index in [2.05, 4.69) is 5.32 Å². The predicted octanol–water partition coefficient (Wildman–Crippen LogP) is 2.50. The first kappa shape index (κ1) is 17.8. The average Bonchev–Trinajstić information content (AvgIpc) is 2.53. The molecule has 128 valence electrons. The number of ether oxygens (including phenoxy) is 2. The fourth-order valence-corrected chi connectivity index (χ4v) is 2.94. The fourth-order valence-electron chi connectivity index (χ4n) is 2.14. The lowest BCUT2D eigenvalue weighted by Crippen LogP contribution is -2.12. The molecule has 0 aliphatic carbocycles. The third-order valence-corrected chi connectivity index (χ3v) is 4.11. The number of sulfone groups is 1. The van der Waals surface area contributed by atoms with Crippen molar-refractivity contribution in [2.45, 2.75) is 5.75 Å². The van der Waals surface area contributed by atoms with Crippen LogP contribution in [0.5, 0.6) is 11.5 Å². The standard InChI is InChI=1S/C17H19NO5S/c1-22-15-8-14(9-16(10-15)23-2)18-17(19)13-6-4-12(5-7-13)11-24(3,20)21/h4-10H,11H2,1-3H3,(H,18,19). The molecule has 24 heavy (non-hydrogen) atoms. The summed E-state index contributed by atoms with van der Waals surface area (Å²) in [6, 6.07) is 11.5. The molecule has 0 bridgehead atoms. The van der Waals surface area contributed by atoms with E-state index in [1.165, 1.54) is 20.5 Å². The Bertz CT molecular complexity index is 806. The molecule has 0 aliphatic rings. The van der Waals surface area contributed by atoms with Gasteiger partial charge in [-0.15, -0.1) is 0 Å². The highest BCUT2D eigenvalue weighted by Crippen LogP contribution is 2.26. The summed E-state index contributed by atoms with van der Waals surface area (Å²) in [7, 11) is -0.0453. The Hall–Kier alpha value is -2.54. The van der Waals surface area contributed by atoms with Gasteiger partial charge < -0.3 is 14.8 Å². The number of amides is 1. The van der Waals surface area contributed by atoms with Gasteiger partial charge in [-0.3, -0.25) is 4.79 Å². The Morgan fingerprint density at radius 1 is 1.00 bits per heavy atom. The van der Waals surface area contributed by atoms with E-state index in [1.54, 1.807) is 42.5 Å². The molecule has 1 N–H and O–H groups in total. The van der Waals surface area contributed by atoms with Crippen LogP contribution < -0.4 is 14.8 Å². The van der Waals surface area contributed by atoms with Crippen molar-refractivity contribution >= 4 is 21.4 Å². The van der Waals surface area contributed by atoms with Crippen molar-refractivity contribution in [3.63, 3.8) is 0 Å². The summed E-state index contributed by atoms with van der Waals surface area (Å²) in [5.41, 5.74) is 1.60. The number of carbonyl (C=O) groups excluding carboxylic acids is 1. The fraction of sp³-hybridized carbons (Fsp3) is 0.235. The molecule has 0 radical (unpaired) electrons. The van der Waals surface area contributed by atoms with Gasteiger partial charge in [0.15, 0.2) is 9.84 Å². The second-order valence-corrected chi connectivity index (χ2v) is 7.46. The Kier molecular flexibility index (Phi) is 5.46. The zero-order valence-corrected chi connectivity index (χ0v) is 14.5. The molecule has 0 aromatic heterocycles. The monoisotopic (exact) mass is 349 g/mol. The molecule has 6 nitrogen and oxygen atoms in total. The molecule has 0 fully saturated rings. The van der Waals surface area contributed by atoms with Crippen molar-refractivity contribution < 1.29 is 22.7 Å². The summed E-state index contributed by atoms with van der Waals surface area (Å²) >= 11 is 0. The summed E-state index contributed by atoms with van der Waals surface area (Å²) in [5, 5.41) is 2.76. The Labute approximate surface area is 141 Å². The van der Waals surface area contributed by atoms with Crippen LogP contribution >= 0.6 is 0 Å². The molecular formula is C17H19NO5S. The summed E-state index contributed by atoms with van der Waals surface area (Å²) in [5.74, 6) is 0.764. The van der Waals surface area contributed by atoms with Gasteiger partial charge in [0, 0.05) is 35.7 Å². The lowest BCUT2D eigenvalue weighted by atomic mass is 10.1. The first-order valence-corrected chi connectivity index (χ1v) is 9.18. The Balaban J connectivity index is 2.15. The van der Waals surface area contributed by atoms with Crippen LogP contribution in [0.15, 0.2) is 42.5 Å². The molecule has 0 heterocycles. The third-order valence-electron chi connectivity index (χ3n) is 3.25. The summed E-state index contributed by atoms with van der Waals surface area (Å²) < 4.78 is 32.9. The quantitative estimate of drug-likeness (QED) is 0.866. The van der Waals surface area contributed by atoms with Crippen LogP contribution in [0.2, 0.25) is 0 Å². The van der Waals surface area contributed by atoms with Crippen LogP contribution in [0, 0.1) is 0 Å². The van der Waals surface area contributed by atoms with Crippen molar-refractivity contribution in [1.29, 1.82) is 0 Å². The number of methoxy groups -OCH3 is 2. The van der Waals surface area contributed by atoms with Gasteiger partial charge in [0.1, 0.15) is 11.5 Å². The molecule has 0 spiro atoms. The minimum Gasteiger partial charge on any atom is -0.497 e. The van der Waals surface area contributed by atoms with E-state index in [0.717, 1.165) is 0 Å². The minimum atomic E-state index is -3.10. The van der Waals surface area contributed by atoms with Gasteiger partial charge in [0.2, 0.25) is 0 Å². The molecule has 0 unspecified atom stereocenters. The van der Waals surface area contributed by atoms with Crippen LogP contribution in [-0.2, 0) is 15.6 Å². The van der Waals surface area contributed by atoms with Gasteiger partial charge >= 0.3 is 0 Å². The average molecular weight is 349 g/mol. The van der Waals surface area contributed by atoms with Crippen LogP contribution in [-0.4, -0.2) is 34.8 Å². The van der Waals surface area contributed by atoms with Crippen molar-refractivity contribution in [2.75, 3.05) is 25.8 Å². The van der Waals surface area contributed by atoms with Crippen LogP contribution in [0.4, 0.5) is 5.69 Å². The first-order valence-electron chi connectivity index (χ1n) is 7.12. The number of rotatable bonds is 6. The lowest BCUT2D eigenvalue weighted by molar-refractivity contribution is 0.102. The van der Waals surface area contributed by atoms with E-state index in [4.69, 9.17) is 9.47 Å². The van der Waals surface area contributed by atoms with Crippen LogP contribution in [0.3, 0.4) is 0 Å². The van der Waals surface area contributed by atoms with Gasteiger partial charge in [-0.2, -0.15) is 0 Å². The van der Waals surface area contributed by atoms with E-state index in [-0.39, 0.29) is 11.7 Å². The lowest BCUT2D eigenvalue weighted by Gasteiger charge is -2.10. The van der Waals surface area contributed by atoms with Crippen molar-refractivity contribution in [1.82, 2.24) is 0 Å². The second-order valence-electron chi connectivity index (χ2n) is 5.32. The molecule has 2 aromatic carbocycles. The van der Waals surface area contributed by atoms with E-state index in [0.29, 0.717) is 28.3 Å². The first-order chi connectivity index (χ1) is 11.3. The number of benzene rings is 2. The topological polar surface area (TPSA) is 81.7 Å². The Morgan fingerprint density at radius 3 is 2.00 bits per heavy atom. The van der Waals surface area contributed by atoms with Gasteiger partial charge in [0.05, 0.1) is 20.0 Å². The smallest absolute Gasteiger partial charge is 0.255 e. The number of hydrogen-bond acceptors (Lipinski definition) is 5. The van der Waals surface area contributed by atoms with E-state index in [1.807, 2.05) is 0 Å². The summed E-state index contributed by atoms with van der Waals surface area (Å²) in [4.78, 5) is 12.3. The highest BCUT2D eigenvalue weighted by Gasteiger charge is 2.10. The SMILES string of the molecule is COc1cc(NC(=O)c2ccc(CS(C)(=O)=O)cc2)cc(OC)c1. The maximum Gasteiger partial charge on any atom is 0.255 e. The van der Waals surface area contributed by atoms with E-state index >= 15 is 0 Å². The largest absolute Gasteiger partial charge is 0.497 e. The van der Waals surface area contributed by atoms with Crippen LogP contribution in [0.25, 0.3) is 0 Å². The minimum absolute atomic E-state index is 0.0536. The third kappa shape index (κ3) is 4.99. The molecule has 7 heteroatoms. The van der Waals surface area contributed by atoms with Gasteiger partial charge in [0.25, 0.3) is 5.91 Å². The van der Waals surface area contributed by atoms with Crippen molar-refractivity contribution in [2.24, 2.45) is 0 Å². The molecular weight excluding hydrogens is 330 g/mol. The molecule has 0 saturated heterocycles. The van der Waals surface area contributed by atoms with Crippen LogP contribution in [0.1, 0.15) is 15.9 Å². The number of nitrogens with one attached hydrogen (secondary N) is 1. The summed E-state index contributed by atoms with van der Waals surface area (Å²) in [6.45, 7) is 0. The van der Waals surface area contributed by atoms with Crippen molar-refractivity contribution in [3.05, 3.63) is 53.6 Å². The maximum absolute atomic E-state index is 12.3. The Morgan fingerprint density at radius 2 is 1.54 bits per heavy atom.